The summed E-state index contributed by atoms with van der Waals surface area (Å²) in [5, 5.41) is 39.1. The highest BCUT2D eigenvalue weighted by atomic mass is 16.8. The predicted octanol–water partition coefficient (Wildman–Crippen LogP) is 4.13. The van der Waals surface area contributed by atoms with Gasteiger partial charge in [-0.05, 0) is 99.9 Å². The molecule has 3 heterocycles. The smallest absolute Gasteiger partial charge is 0.459 e. The number of cyclic esters (lactones) is 1. The number of aliphatic hydroxyl groups excluding tert-OH is 1. The largest absolute Gasteiger partial charge is 0.509 e. The lowest BCUT2D eigenvalue weighted by Gasteiger charge is -2.48. The van der Waals surface area contributed by atoms with Gasteiger partial charge in [-0.2, -0.15) is 0 Å². The molecule has 3 fully saturated rings. The van der Waals surface area contributed by atoms with Crippen molar-refractivity contribution < 1.29 is 67.6 Å². The summed E-state index contributed by atoms with van der Waals surface area (Å²) in [6, 6.07) is 8.18. The van der Waals surface area contributed by atoms with Crippen LogP contribution in [0.2, 0.25) is 0 Å². The van der Waals surface area contributed by atoms with Crippen molar-refractivity contribution >= 4 is 17.9 Å². The number of rotatable bonds is 10. The highest BCUT2D eigenvalue weighted by Gasteiger charge is 2.53. The fraction of sp³-hybridized carbons (Fsp3) is 0.800. The third-order valence-corrected chi connectivity index (χ3v) is 12.9. The number of carbonyl (C=O) groups excluding carboxylic acids is 3. The molecule has 4 N–H and O–H groups in total. The van der Waals surface area contributed by atoms with E-state index in [9.17, 15) is 29.7 Å². The second kappa shape index (κ2) is 21.3. The molecule has 3 aliphatic heterocycles. The first-order valence-corrected chi connectivity index (χ1v) is 21.8. The number of ketones is 1. The van der Waals surface area contributed by atoms with Crippen LogP contribution < -0.4 is 5.32 Å². The summed E-state index contributed by atoms with van der Waals surface area (Å²) in [6.07, 6.45) is -9.45. The highest BCUT2D eigenvalue weighted by Crippen LogP contribution is 2.40. The van der Waals surface area contributed by atoms with Crippen molar-refractivity contribution in [2.45, 2.75) is 186 Å². The van der Waals surface area contributed by atoms with Gasteiger partial charge in [-0.25, -0.2) is 4.79 Å². The van der Waals surface area contributed by atoms with Crippen molar-refractivity contribution in [1.29, 1.82) is 0 Å². The molecular formula is C45H74N2O14. The third-order valence-electron chi connectivity index (χ3n) is 12.9. The lowest BCUT2D eigenvalue weighted by atomic mass is 9.77. The molecule has 0 spiro atoms. The number of hydrogen-bond acceptors (Lipinski definition) is 16. The number of Topliss-reactive ketones (excluding diaryl/α,β-unsaturated/α-hetero) is 1. The Morgan fingerprint density at radius 2 is 1.61 bits per heavy atom. The van der Waals surface area contributed by atoms with E-state index in [2.05, 4.69) is 5.32 Å². The molecule has 61 heavy (non-hydrogen) atoms. The second-order valence-electron chi connectivity index (χ2n) is 18.6. The van der Waals surface area contributed by atoms with Crippen LogP contribution in [0.1, 0.15) is 100 Å². The Morgan fingerprint density at radius 3 is 2.21 bits per heavy atom. The molecule has 16 heteroatoms. The normalized spacial score (nSPS) is 42.2. The minimum Gasteiger partial charge on any atom is -0.459 e. The van der Waals surface area contributed by atoms with Gasteiger partial charge in [0.15, 0.2) is 24.5 Å². The number of methoxy groups -OCH3 is 1. The predicted molar refractivity (Wildman–Crippen MR) is 224 cm³/mol. The molecule has 3 saturated heterocycles. The van der Waals surface area contributed by atoms with Crippen LogP contribution in [0.25, 0.3) is 0 Å². The van der Waals surface area contributed by atoms with Gasteiger partial charge in [0.25, 0.3) is 0 Å². The van der Waals surface area contributed by atoms with Crippen molar-refractivity contribution in [2.24, 2.45) is 17.8 Å². The molecule has 1 aromatic rings. The van der Waals surface area contributed by atoms with Crippen LogP contribution in [0.15, 0.2) is 30.3 Å². The maximum Gasteiger partial charge on any atom is 0.509 e. The topological polar surface area (TPSA) is 201 Å². The van der Waals surface area contributed by atoms with Crippen molar-refractivity contribution in [2.75, 3.05) is 27.7 Å². The zero-order valence-corrected chi connectivity index (χ0v) is 38.5. The van der Waals surface area contributed by atoms with Gasteiger partial charge in [-0.15, -0.1) is 0 Å². The van der Waals surface area contributed by atoms with Crippen molar-refractivity contribution in [1.82, 2.24) is 10.2 Å². The average molecular weight is 867 g/mol. The molecule has 2 unspecified atom stereocenters. The first kappa shape index (κ1) is 50.9. The van der Waals surface area contributed by atoms with Gasteiger partial charge < -0.3 is 63.4 Å². The molecule has 4 rings (SSSR count). The average Bonchev–Trinajstić information content (AvgIpc) is 3.20. The maximum absolute atomic E-state index is 14.4. The number of carbonyl (C=O) groups is 3. The van der Waals surface area contributed by atoms with Crippen LogP contribution in [-0.4, -0.2) is 150 Å². The number of benzene rings is 1. The lowest BCUT2D eigenvalue weighted by Crippen LogP contribution is -2.61. The van der Waals surface area contributed by atoms with E-state index < -0.39 is 102 Å². The fourth-order valence-electron chi connectivity index (χ4n) is 9.19. The monoisotopic (exact) mass is 867 g/mol. The molecule has 0 saturated carbocycles. The van der Waals surface area contributed by atoms with Gasteiger partial charge in [0.05, 0.1) is 35.9 Å². The number of esters is 1. The summed E-state index contributed by atoms with van der Waals surface area (Å²) < 4.78 is 49.5. The summed E-state index contributed by atoms with van der Waals surface area (Å²) in [5.74, 6) is -3.19. The van der Waals surface area contributed by atoms with E-state index in [4.69, 9.17) is 37.9 Å². The van der Waals surface area contributed by atoms with Gasteiger partial charge >= 0.3 is 12.1 Å². The molecule has 1 aromatic carbocycles. The summed E-state index contributed by atoms with van der Waals surface area (Å²) in [7, 11) is 5.16. The number of likely N-dealkylation sites (N-methyl/N-ethyl adjacent to an activating group) is 1. The SMILES string of the molecule is CC[C@H]1OC(=O)[C@H](C)[C@@H](OC2C[C@@](C)(OC)C(=O)[C@H](C)O2)[C@H](C)[C@@H](OC2O[C@H](C)C[C@H](N(C)C)[C@H]2OC(=O)OCc2ccccc2)[C@](C)(O)C[C@@H](C)CN[C@H](C)[C@@H](O)[C@]1(C)O. The molecule has 0 aliphatic carbocycles. The van der Waals surface area contributed by atoms with E-state index in [1.54, 1.807) is 48.5 Å². The maximum atomic E-state index is 14.4. The molecule has 17 atom stereocenters. The molecule has 0 radical (unpaired) electrons. The van der Waals surface area contributed by atoms with Gasteiger partial charge in [0.1, 0.15) is 36.1 Å². The fourth-order valence-corrected chi connectivity index (χ4v) is 9.19. The van der Waals surface area contributed by atoms with E-state index in [1.807, 2.05) is 63.2 Å². The Balaban J connectivity index is 1.81. The van der Waals surface area contributed by atoms with Gasteiger partial charge in [-0.3, -0.25) is 9.59 Å². The van der Waals surface area contributed by atoms with E-state index in [0.29, 0.717) is 13.0 Å². The molecule has 348 valence electrons. The van der Waals surface area contributed by atoms with Crippen LogP contribution in [0, 0.1) is 17.8 Å². The Hall–Kier alpha value is -2.77. The zero-order valence-electron chi connectivity index (χ0n) is 38.5. The second-order valence-corrected chi connectivity index (χ2v) is 18.6. The Bertz CT molecular complexity index is 1580. The van der Waals surface area contributed by atoms with Gasteiger partial charge in [-0.1, -0.05) is 51.1 Å². The van der Waals surface area contributed by atoms with Crippen LogP contribution in [0.3, 0.4) is 0 Å². The zero-order chi connectivity index (χ0) is 45.6. The van der Waals surface area contributed by atoms with Crippen molar-refractivity contribution in [3.05, 3.63) is 35.9 Å². The van der Waals surface area contributed by atoms with Crippen LogP contribution in [0.4, 0.5) is 4.79 Å². The molecular weight excluding hydrogens is 792 g/mol. The molecule has 0 aromatic heterocycles. The Labute approximate surface area is 362 Å². The number of nitrogens with one attached hydrogen (secondary N) is 1. The first-order chi connectivity index (χ1) is 28.4. The minimum atomic E-state index is -1.85. The minimum absolute atomic E-state index is 0.00652. The summed E-state index contributed by atoms with van der Waals surface area (Å²) >= 11 is 0. The molecule has 3 aliphatic rings. The summed E-state index contributed by atoms with van der Waals surface area (Å²) in [4.78, 5) is 42.9. The highest BCUT2D eigenvalue weighted by molar-refractivity contribution is 5.91. The quantitative estimate of drug-likeness (QED) is 0.245. The van der Waals surface area contributed by atoms with Crippen molar-refractivity contribution in [3.8, 4) is 0 Å². The van der Waals surface area contributed by atoms with Crippen LogP contribution in [-0.2, 0) is 54.1 Å². The van der Waals surface area contributed by atoms with Gasteiger partial charge in [0.2, 0.25) is 0 Å². The molecule has 0 amide bonds. The first-order valence-electron chi connectivity index (χ1n) is 21.8. The van der Waals surface area contributed by atoms with Crippen molar-refractivity contribution in [3.63, 3.8) is 0 Å². The van der Waals surface area contributed by atoms with Gasteiger partial charge in [0, 0.05) is 25.5 Å². The van der Waals surface area contributed by atoms with E-state index in [0.717, 1.165) is 5.56 Å². The van der Waals surface area contributed by atoms with E-state index in [1.165, 1.54) is 14.0 Å². The lowest BCUT2D eigenvalue weighted by molar-refractivity contribution is -0.308. The van der Waals surface area contributed by atoms with Crippen LogP contribution in [0.5, 0.6) is 0 Å². The van der Waals surface area contributed by atoms with Crippen LogP contribution >= 0.6 is 0 Å². The number of ether oxygens (including phenoxy) is 8. The molecule has 0 bridgehead atoms. The third kappa shape index (κ3) is 12.5. The standard InChI is InChI=1S/C45H74N2O14/c1-14-33-45(10,53)37(48)29(6)46-23-25(2)21-43(8,52)39(27(4)35(28(5)40(50)58-33)59-34-22-44(9,54-13)38(49)30(7)57-34)61-41-36(32(47(11)12)20-26(3)56-41)60-42(51)55-24-31-18-16-15-17-19-31/h15-19,25-30,32-37,39,41,46,48,52-53H,14,20-24H2,1-13H3/t25-,26-,27+,28-,29-,30+,32+,33-,34?,35+,36-,37-,39-,41?,43-,44-,45-/m1/s1. The Kier molecular flexibility index (Phi) is 17.7. The van der Waals surface area contributed by atoms with E-state index >= 15 is 0 Å². The van der Waals surface area contributed by atoms with E-state index in [-0.39, 0.29) is 43.7 Å². The number of aliphatic hydroxyl groups is 3. The summed E-state index contributed by atoms with van der Waals surface area (Å²) in [5.41, 5.74) is -4.00. The number of nitrogens with zero attached hydrogens (tertiary/aromatic N) is 1. The Morgan fingerprint density at radius 1 is 0.951 bits per heavy atom. The summed E-state index contributed by atoms with van der Waals surface area (Å²) in [6.45, 7) is 17.3. The molecule has 16 nitrogen and oxygen atoms in total. The number of hydrogen-bond donors (Lipinski definition) is 4.